The van der Waals surface area contributed by atoms with Gasteiger partial charge in [0, 0.05) is 39.1 Å². The molecule has 0 aliphatic carbocycles. The van der Waals surface area contributed by atoms with Crippen LogP contribution < -0.4 is 5.32 Å². The average molecular weight is 252 g/mol. The lowest BCUT2D eigenvalue weighted by Gasteiger charge is -2.32. The molecular weight excluding hydrogens is 228 g/mol. The third kappa shape index (κ3) is 3.31. The fourth-order valence-corrected chi connectivity index (χ4v) is 2.39. The van der Waals surface area contributed by atoms with Crippen molar-refractivity contribution in [2.24, 2.45) is 7.05 Å². The van der Waals surface area contributed by atoms with Crippen molar-refractivity contribution in [1.82, 2.24) is 19.8 Å². The second-order valence-corrected chi connectivity index (χ2v) is 4.91. The number of nitrogens with zero attached hydrogens (tertiary/aromatic N) is 3. The summed E-state index contributed by atoms with van der Waals surface area (Å²) < 4.78 is 7.83. The zero-order chi connectivity index (χ0) is 13.0. The van der Waals surface area contributed by atoms with Crippen LogP contribution in [-0.4, -0.2) is 53.3 Å². The summed E-state index contributed by atoms with van der Waals surface area (Å²) in [6.07, 6.45) is 4.11. The minimum atomic E-state index is 0.255. The Morgan fingerprint density at radius 3 is 3.11 bits per heavy atom. The van der Waals surface area contributed by atoms with Gasteiger partial charge in [-0.25, -0.2) is 4.98 Å². The molecule has 102 valence electrons. The summed E-state index contributed by atoms with van der Waals surface area (Å²) in [5, 5.41) is 3.51. The van der Waals surface area contributed by atoms with E-state index in [9.17, 15) is 0 Å². The molecule has 2 rings (SSSR count). The molecule has 2 unspecified atom stereocenters. The number of hydrogen-bond acceptors (Lipinski definition) is 4. The molecule has 2 atom stereocenters. The molecule has 1 fully saturated rings. The number of rotatable bonds is 5. The molecule has 0 spiro atoms. The molecule has 2 heterocycles. The van der Waals surface area contributed by atoms with Crippen LogP contribution >= 0.6 is 0 Å². The van der Waals surface area contributed by atoms with E-state index in [-0.39, 0.29) is 6.04 Å². The number of aromatic nitrogens is 2. The summed E-state index contributed by atoms with van der Waals surface area (Å²) in [6.45, 7) is 9.25. The SMILES string of the molecule is CCN1CCOC(CNC(C)c2nccn2C)C1. The third-order valence-corrected chi connectivity index (χ3v) is 3.57. The van der Waals surface area contributed by atoms with E-state index in [1.807, 2.05) is 19.4 Å². The van der Waals surface area contributed by atoms with Gasteiger partial charge in [-0.05, 0) is 13.5 Å². The molecule has 1 aliphatic heterocycles. The van der Waals surface area contributed by atoms with Crippen LogP contribution in [0.4, 0.5) is 0 Å². The largest absolute Gasteiger partial charge is 0.374 e. The van der Waals surface area contributed by atoms with Gasteiger partial charge in [0.2, 0.25) is 0 Å². The van der Waals surface area contributed by atoms with Crippen molar-refractivity contribution in [2.45, 2.75) is 26.0 Å². The second kappa shape index (κ2) is 6.31. The van der Waals surface area contributed by atoms with Crippen molar-refractivity contribution in [2.75, 3.05) is 32.8 Å². The molecule has 0 bridgehead atoms. The minimum absolute atomic E-state index is 0.255. The van der Waals surface area contributed by atoms with E-state index in [4.69, 9.17) is 4.74 Å². The van der Waals surface area contributed by atoms with Crippen molar-refractivity contribution in [3.63, 3.8) is 0 Å². The number of imidazole rings is 1. The van der Waals surface area contributed by atoms with E-state index in [2.05, 4.69) is 33.6 Å². The van der Waals surface area contributed by atoms with Crippen molar-refractivity contribution in [1.29, 1.82) is 0 Å². The minimum Gasteiger partial charge on any atom is -0.374 e. The first-order valence-electron chi connectivity index (χ1n) is 6.75. The van der Waals surface area contributed by atoms with Gasteiger partial charge in [0.15, 0.2) is 0 Å². The number of likely N-dealkylation sites (N-methyl/N-ethyl adjacent to an activating group) is 1. The first kappa shape index (κ1) is 13.5. The first-order chi connectivity index (χ1) is 8.70. The molecule has 1 aromatic rings. The Labute approximate surface area is 109 Å². The lowest BCUT2D eigenvalue weighted by Crippen LogP contribution is -2.46. The number of morpholine rings is 1. The average Bonchev–Trinajstić information content (AvgIpc) is 2.82. The standard InChI is InChI=1S/C13H24N4O/c1-4-17-7-8-18-12(10-17)9-15-11(2)13-14-5-6-16(13)3/h5-6,11-12,15H,4,7-10H2,1-3H3. The summed E-state index contributed by atoms with van der Waals surface area (Å²) in [5.74, 6) is 1.07. The molecule has 0 amide bonds. The van der Waals surface area contributed by atoms with Gasteiger partial charge in [0.1, 0.15) is 5.82 Å². The third-order valence-electron chi connectivity index (χ3n) is 3.57. The van der Waals surface area contributed by atoms with Crippen LogP contribution in [0.15, 0.2) is 12.4 Å². The Kier molecular flexibility index (Phi) is 4.74. The fourth-order valence-electron chi connectivity index (χ4n) is 2.39. The van der Waals surface area contributed by atoms with E-state index < -0.39 is 0 Å². The molecule has 0 saturated carbocycles. The van der Waals surface area contributed by atoms with Gasteiger partial charge >= 0.3 is 0 Å². The Bertz CT molecular complexity index is 366. The predicted molar refractivity (Wildman–Crippen MR) is 71.5 cm³/mol. The molecule has 1 N–H and O–H groups in total. The predicted octanol–water partition coefficient (Wildman–Crippen LogP) is 0.791. The van der Waals surface area contributed by atoms with E-state index in [0.29, 0.717) is 6.10 Å². The number of hydrogen-bond donors (Lipinski definition) is 1. The van der Waals surface area contributed by atoms with Gasteiger partial charge in [-0.2, -0.15) is 0 Å². The Morgan fingerprint density at radius 2 is 2.44 bits per heavy atom. The summed E-state index contributed by atoms with van der Waals surface area (Å²) in [6, 6.07) is 0.255. The highest BCUT2D eigenvalue weighted by Crippen LogP contribution is 2.10. The van der Waals surface area contributed by atoms with Crippen molar-refractivity contribution in [3.8, 4) is 0 Å². The molecule has 1 saturated heterocycles. The highest BCUT2D eigenvalue weighted by molar-refractivity contribution is 4.97. The molecule has 5 nitrogen and oxygen atoms in total. The fraction of sp³-hybridized carbons (Fsp3) is 0.769. The zero-order valence-corrected chi connectivity index (χ0v) is 11.6. The smallest absolute Gasteiger partial charge is 0.125 e. The zero-order valence-electron chi connectivity index (χ0n) is 11.6. The Morgan fingerprint density at radius 1 is 1.61 bits per heavy atom. The molecule has 0 aromatic carbocycles. The lowest BCUT2D eigenvalue weighted by molar-refractivity contribution is -0.0263. The molecular formula is C13H24N4O. The van der Waals surface area contributed by atoms with Crippen LogP contribution in [0, 0.1) is 0 Å². The summed E-state index contributed by atoms with van der Waals surface area (Å²) in [4.78, 5) is 6.79. The Hall–Kier alpha value is -0.910. The van der Waals surface area contributed by atoms with Gasteiger partial charge in [-0.15, -0.1) is 0 Å². The normalized spacial score (nSPS) is 23.2. The number of ether oxygens (including phenoxy) is 1. The van der Waals surface area contributed by atoms with Crippen LogP contribution in [0.3, 0.4) is 0 Å². The van der Waals surface area contributed by atoms with Crippen molar-refractivity contribution >= 4 is 0 Å². The second-order valence-electron chi connectivity index (χ2n) is 4.91. The quantitative estimate of drug-likeness (QED) is 0.841. The summed E-state index contributed by atoms with van der Waals surface area (Å²) in [7, 11) is 2.02. The van der Waals surface area contributed by atoms with E-state index in [1.165, 1.54) is 0 Å². The van der Waals surface area contributed by atoms with Gasteiger partial charge < -0.3 is 14.6 Å². The number of nitrogens with one attached hydrogen (secondary N) is 1. The van der Waals surface area contributed by atoms with Gasteiger partial charge in [0.25, 0.3) is 0 Å². The first-order valence-corrected chi connectivity index (χ1v) is 6.75. The van der Waals surface area contributed by atoms with E-state index >= 15 is 0 Å². The summed E-state index contributed by atoms with van der Waals surface area (Å²) in [5.41, 5.74) is 0. The molecule has 1 aliphatic rings. The van der Waals surface area contributed by atoms with Crippen LogP contribution in [-0.2, 0) is 11.8 Å². The lowest BCUT2D eigenvalue weighted by atomic mass is 10.2. The van der Waals surface area contributed by atoms with Gasteiger partial charge in [0.05, 0.1) is 18.8 Å². The van der Waals surface area contributed by atoms with Crippen LogP contribution in [0.2, 0.25) is 0 Å². The maximum atomic E-state index is 5.78. The van der Waals surface area contributed by atoms with Crippen molar-refractivity contribution in [3.05, 3.63) is 18.2 Å². The molecule has 0 radical (unpaired) electrons. The monoisotopic (exact) mass is 252 g/mol. The van der Waals surface area contributed by atoms with Gasteiger partial charge in [-0.1, -0.05) is 6.92 Å². The Balaban J connectivity index is 1.79. The van der Waals surface area contributed by atoms with E-state index in [0.717, 1.165) is 38.6 Å². The maximum Gasteiger partial charge on any atom is 0.125 e. The van der Waals surface area contributed by atoms with E-state index in [1.54, 1.807) is 0 Å². The van der Waals surface area contributed by atoms with Crippen LogP contribution in [0.25, 0.3) is 0 Å². The van der Waals surface area contributed by atoms with Crippen molar-refractivity contribution < 1.29 is 4.74 Å². The topological polar surface area (TPSA) is 42.3 Å². The maximum absolute atomic E-state index is 5.78. The van der Waals surface area contributed by atoms with Crippen LogP contribution in [0.1, 0.15) is 25.7 Å². The summed E-state index contributed by atoms with van der Waals surface area (Å²) >= 11 is 0. The molecule has 5 heteroatoms. The molecule has 18 heavy (non-hydrogen) atoms. The van der Waals surface area contributed by atoms with Crippen LogP contribution in [0.5, 0.6) is 0 Å². The highest BCUT2D eigenvalue weighted by Gasteiger charge is 2.20. The molecule has 1 aromatic heterocycles. The number of aryl methyl sites for hydroxylation is 1. The highest BCUT2D eigenvalue weighted by atomic mass is 16.5. The van der Waals surface area contributed by atoms with Gasteiger partial charge in [-0.3, -0.25) is 4.90 Å².